The third-order valence-corrected chi connectivity index (χ3v) is 4.45. The Bertz CT molecular complexity index is 413. The second-order valence-electron chi connectivity index (χ2n) is 6.01. The molecule has 0 saturated heterocycles. The molecule has 2 aliphatic rings. The summed E-state index contributed by atoms with van der Waals surface area (Å²) in [6.45, 7) is 9.85. The predicted octanol–water partition coefficient (Wildman–Crippen LogP) is 2.73. The second-order valence-corrected chi connectivity index (χ2v) is 6.01. The van der Waals surface area contributed by atoms with Crippen LogP contribution in [0.5, 0.6) is 0 Å². The molecule has 0 radical (unpaired) electrons. The van der Waals surface area contributed by atoms with Gasteiger partial charge in [-0.3, -0.25) is 0 Å². The number of hydrogen-bond donors (Lipinski definition) is 2. The van der Waals surface area contributed by atoms with Crippen LogP contribution < -0.4 is 0 Å². The fourth-order valence-electron chi connectivity index (χ4n) is 2.89. The molecule has 94 valence electrons. The van der Waals surface area contributed by atoms with E-state index in [2.05, 4.69) is 19.6 Å². The first-order valence-corrected chi connectivity index (χ1v) is 6.22. The van der Waals surface area contributed by atoms with Crippen LogP contribution in [-0.4, -0.2) is 21.4 Å². The molecule has 0 aromatic rings. The summed E-state index contributed by atoms with van der Waals surface area (Å²) in [6.07, 6.45) is 8.11. The molecule has 2 rings (SSSR count). The van der Waals surface area contributed by atoms with E-state index in [9.17, 15) is 10.2 Å². The molecule has 2 aliphatic carbocycles. The van der Waals surface area contributed by atoms with Crippen LogP contribution in [0.15, 0.2) is 36.0 Å². The third-order valence-electron chi connectivity index (χ3n) is 4.45. The molecule has 0 heterocycles. The SMILES string of the molecule is C=C1[C@@]2(C=C[C@@](C)(O)CC2)C(C)=CC[C@@]1(C)O. The van der Waals surface area contributed by atoms with E-state index in [-0.39, 0.29) is 5.41 Å². The maximum Gasteiger partial charge on any atom is 0.0872 e. The average Bonchev–Trinajstić information content (AvgIpc) is 2.24. The van der Waals surface area contributed by atoms with E-state index in [0.29, 0.717) is 12.8 Å². The van der Waals surface area contributed by atoms with Gasteiger partial charge in [0.2, 0.25) is 0 Å². The van der Waals surface area contributed by atoms with Gasteiger partial charge in [0.05, 0.1) is 11.2 Å². The van der Waals surface area contributed by atoms with Crippen molar-refractivity contribution in [1.29, 1.82) is 0 Å². The molecule has 2 heteroatoms. The van der Waals surface area contributed by atoms with E-state index < -0.39 is 11.2 Å². The second kappa shape index (κ2) is 3.56. The Balaban J connectivity index is 2.47. The van der Waals surface area contributed by atoms with E-state index in [1.54, 1.807) is 0 Å². The molecule has 0 amide bonds. The van der Waals surface area contributed by atoms with Gasteiger partial charge in [0.15, 0.2) is 0 Å². The van der Waals surface area contributed by atoms with Crippen molar-refractivity contribution in [2.75, 3.05) is 0 Å². The smallest absolute Gasteiger partial charge is 0.0872 e. The molecule has 1 spiro atoms. The van der Waals surface area contributed by atoms with E-state index in [1.807, 2.05) is 26.0 Å². The van der Waals surface area contributed by atoms with Crippen LogP contribution in [0.2, 0.25) is 0 Å². The normalized spacial score (nSPS) is 46.2. The summed E-state index contributed by atoms with van der Waals surface area (Å²) in [5.74, 6) is 0. The zero-order valence-corrected chi connectivity index (χ0v) is 11.0. The zero-order chi connectivity index (χ0) is 12.9. The highest BCUT2D eigenvalue weighted by Gasteiger charge is 2.46. The quantitative estimate of drug-likeness (QED) is 0.633. The molecule has 0 saturated carbocycles. The van der Waals surface area contributed by atoms with Gasteiger partial charge in [-0.2, -0.15) is 0 Å². The highest BCUT2D eigenvalue weighted by Crippen LogP contribution is 2.52. The molecule has 2 nitrogen and oxygen atoms in total. The summed E-state index contributed by atoms with van der Waals surface area (Å²) in [6, 6.07) is 0. The number of hydrogen-bond acceptors (Lipinski definition) is 2. The van der Waals surface area contributed by atoms with Gasteiger partial charge >= 0.3 is 0 Å². The van der Waals surface area contributed by atoms with Crippen LogP contribution in [0, 0.1) is 5.41 Å². The van der Waals surface area contributed by atoms with Gasteiger partial charge in [-0.25, -0.2) is 0 Å². The van der Waals surface area contributed by atoms with Crippen LogP contribution in [0.3, 0.4) is 0 Å². The van der Waals surface area contributed by atoms with Crippen molar-refractivity contribution >= 4 is 0 Å². The molecule has 0 unspecified atom stereocenters. The molecule has 0 bridgehead atoms. The van der Waals surface area contributed by atoms with Gasteiger partial charge in [0, 0.05) is 5.41 Å². The molecule has 0 aromatic carbocycles. The van der Waals surface area contributed by atoms with Gasteiger partial charge in [-0.05, 0) is 45.6 Å². The standard InChI is InChI=1S/C15H22O2/c1-11-5-6-14(4,17)12(2)15(11)9-7-13(3,16)8-10-15/h5,7,9,16-17H,2,6,8,10H2,1,3-4H3/t13-,14-,15-/m1/s1. The van der Waals surface area contributed by atoms with Crippen LogP contribution in [0.4, 0.5) is 0 Å². The first kappa shape index (κ1) is 12.6. The minimum Gasteiger partial charge on any atom is -0.386 e. The first-order chi connectivity index (χ1) is 7.70. The Labute approximate surface area is 103 Å². The van der Waals surface area contributed by atoms with Crippen molar-refractivity contribution in [3.63, 3.8) is 0 Å². The lowest BCUT2D eigenvalue weighted by Crippen LogP contribution is -2.43. The summed E-state index contributed by atoms with van der Waals surface area (Å²) < 4.78 is 0. The first-order valence-electron chi connectivity index (χ1n) is 6.22. The van der Waals surface area contributed by atoms with E-state index >= 15 is 0 Å². The summed E-state index contributed by atoms with van der Waals surface area (Å²) in [5, 5.41) is 20.4. The molecular formula is C15H22O2. The summed E-state index contributed by atoms with van der Waals surface area (Å²) >= 11 is 0. The topological polar surface area (TPSA) is 40.5 Å². The minimum absolute atomic E-state index is 0.260. The summed E-state index contributed by atoms with van der Waals surface area (Å²) in [5.41, 5.74) is 0.268. The van der Waals surface area contributed by atoms with Crippen molar-refractivity contribution in [3.05, 3.63) is 36.0 Å². The molecule has 17 heavy (non-hydrogen) atoms. The summed E-state index contributed by atoms with van der Waals surface area (Å²) in [7, 11) is 0. The van der Waals surface area contributed by atoms with Crippen LogP contribution in [0.25, 0.3) is 0 Å². The molecule has 0 fully saturated rings. The predicted molar refractivity (Wildman–Crippen MR) is 69.6 cm³/mol. The molecule has 3 atom stereocenters. The number of rotatable bonds is 0. The summed E-state index contributed by atoms with van der Waals surface area (Å²) in [4.78, 5) is 0. The Morgan fingerprint density at radius 2 is 1.82 bits per heavy atom. The van der Waals surface area contributed by atoms with Crippen LogP contribution in [0.1, 0.15) is 40.0 Å². The lowest BCUT2D eigenvalue weighted by molar-refractivity contribution is 0.0548. The monoisotopic (exact) mass is 234 g/mol. The van der Waals surface area contributed by atoms with Crippen molar-refractivity contribution in [3.8, 4) is 0 Å². The Morgan fingerprint density at radius 3 is 2.35 bits per heavy atom. The Hall–Kier alpha value is -0.860. The van der Waals surface area contributed by atoms with Crippen molar-refractivity contribution in [2.45, 2.75) is 51.2 Å². The lowest BCUT2D eigenvalue weighted by atomic mass is 9.59. The van der Waals surface area contributed by atoms with Crippen molar-refractivity contribution in [2.24, 2.45) is 5.41 Å². The maximum atomic E-state index is 10.4. The van der Waals surface area contributed by atoms with Gasteiger partial charge in [-0.15, -0.1) is 0 Å². The molecule has 0 aromatic heterocycles. The van der Waals surface area contributed by atoms with E-state index in [4.69, 9.17) is 0 Å². The highest BCUT2D eigenvalue weighted by molar-refractivity contribution is 5.43. The van der Waals surface area contributed by atoms with Gasteiger partial charge in [0.25, 0.3) is 0 Å². The number of allylic oxidation sites excluding steroid dienone is 2. The molecule has 0 aliphatic heterocycles. The van der Waals surface area contributed by atoms with Gasteiger partial charge in [-0.1, -0.05) is 30.4 Å². The van der Waals surface area contributed by atoms with E-state index in [0.717, 1.165) is 12.0 Å². The average molecular weight is 234 g/mol. The minimum atomic E-state index is -0.840. The van der Waals surface area contributed by atoms with Crippen molar-refractivity contribution < 1.29 is 10.2 Å². The van der Waals surface area contributed by atoms with Gasteiger partial charge in [0.1, 0.15) is 0 Å². The fraction of sp³-hybridized carbons (Fsp3) is 0.600. The highest BCUT2D eigenvalue weighted by atomic mass is 16.3. The zero-order valence-electron chi connectivity index (χ0n) is 11.0. The van der Waals surface area contributed by atoms with E-state index in [1.165, 1.54) is 5.57 Å². The third kappa shape index (κ3) is 1.90. The van der Waals surface area contributed by atoms with Crippen LogP contribution in [-0.2, 0) is 0 Å². The van der Waals surface area contributed by atoms with Crippen LogP contribution >= 0.6 is 0 Å². The van der Waals surface area contributed by atoms with Crippen molar-refractivity contribution in [1.82, 2.24) is 0 Å². The largest absolute Gasteiger partial charge is 0.386 e. The lowest BCUT2D eigenvalue weighted by Gasteiger charge is -2.47. The molecular weight excluding hydrogens is 212 g/mol. The van der Waals surface area contributed by atoms with Gasteiger partial charge < -0.3 is 10.2 Å². The maximum absolute atomic E-state index is 10.4. The Kier molecular flexibility index (Phi) is 2.64. The molecule has 2 N–H and O–H groups in total. The number of aliphatic hydroxyl groups is 2. The fourth-order valence-corrected chi connectivity index (χ4v) is 2.89. The Morgan fingerprint density at radius 1 is 1.18 bits per heavy atom.